The van der Waals surface area contributed by atoms with Gasteiger partial charge in [0.15, 0.2) is 0 Å². The first-order chi connectivity index (χ1) is 13.6. The standard InChI is InChI=1S/C23H25NO3S/c1-16(18-7-5-4-6-8-18)12-24-13-17-9-10-22-19(11-17)21(15-28-22)20(14-26-2)23(25)27-3/h4-11,14-16,24H,12-13H2,1-3H3/b20-14-. The molecule has 1 heterocycles. The van der Waals surface area contributed by atoms with Crippen LogP contribution < -0.4 is 5.32 Å². The number of fused-ring (bicyclic) bond motifs is 1. The minimum atomic E-state index is -0.401. The predicted molar refractivity (Wildman–Crippen MR) is 115 cm³/mol. The molecule has 1 unspecified atom stereocenters. The van der Waals surface area contributed by atoms with Crippen LogP contribution in [0.2, 0.25) is 0 Å². The summed E-state index contributed by atoms with van der Waals surface area (Å²) in [5.74, 6) is 0.0407. The molecule has 0 amide bonds. The highest BCUT2D eigenvalue weighted by Gasteiger charge is 2.17. The second-order valence-electron chi connectivity index (χ2n) is 6.68. The lowest BCUT2D eigenvalue weighted by atomic mass is 10.0. The molecule has 1 aromatic heterocycles. The van der Waals surface area contributed by atoms with Crippen molar-refractivity contribution in [3.8, 4) is 0 Å². The first kappa shape index (κ1) is 20.1. The van der Waals surface area contributed by atoms with Crippen molar-refractivity contribution in [2.75, 3.05) is 20.8 Å². The monoisotopic (exact) mass is 395 g/mol. The summed E-state index contributed by atoms with van der Waals surface area (Å²) in [6.07, 6.45) is 1.44. The van der Waals surface area contributed by atoms with E-state index < -0.39 is 5.97 Å². The molecule has 2 aromatic carbocycles. The van der Waals surface area contributed by atoms with Crippen LogP contribution in [0, 0.1) is 0 Å². The number of rotatable bonds is 8. The number of esters is 1. The molecule has 0 aliphatic carbocycles. The fraction of sp³-hybridized carbons (Fsp3) is 0.261. The minimum absolute atomic E-state index is 0.401. The lowest BCUT2D eigenvalue weighted by Crippen LogP contribution is -2.19. The second-order valence-corrected chi connectivity index (χ2v) is 7.59. The zero-order valence-corrected chi connectivity index (χ0v) is 17.2. The van der Waals surface area contributed by atoms with E-state index in [1.807, 2.05) is 11.4 Å². The van der Waals surface area contributed by atoms with Crippen LogP contribution in [0.15, 0.2) is 60.2 Å². The van der Waals surface area contributed by atoms with Crippen LogP contribution in [0.1, 0.15) is 29.5 Å². The van der Waals surface area contributed by atoms with Gasteiger partial charge in [-0.2, -0.15) is 0 Å². The summed E-state index contributed by atoms with van der Waals surface area (Å²) in [5, 5.41) is 6.55. The Bertz CT molecular complexity index is 962. The molecule has 0 saturated heterocycles. The smallest absolute Gasteiger partial charge is 0.341 e. The van der Waals surface area contributed by atoms with Crippen molar-refractivity contribution in [1.29, 1.82) is 0 Å². The van der Waals surface area contributed by atoms with Gasteiger partial charge in [-0.25, -0.2) is 4.79 Å². The summed E-state index contributed by atoms with van der Waals surface area (Å²) in [6.45, 7) is 3.89. The van der Waals surface area contributed by atoms with Gasteiger partial charge >= 0.3 is 5.97 Å². The van der Waals surface area contributed by atoms with Crippen LogP contribution >= 0.6 is 11.3 Å². The molecule has 3 aromatic rings. The van der Waals surface area contributed by atoms with Gasteiger partial charge < -0.3 is 14.8 Å². The Kier molecular flexibility index (Phi) is 6.85. The quantitative estimate of drug-likeness (QED) is 0.333. The Morgan fingerprint density at radius 1 is 1.18 bits per heavy atom. The zero-order chi connectivity index (χ0) is 19.9. The molecule has 0 radical (unpaired) electrons. The molecular weight excluding hydrogens is 370 g/mol. The Hall–Kier alpha value is -2.63. The SMILES string of the molecule is CO/C=C(\C(=O)OC)c1csc2ccc(CNCC(C)c3ccccc3)cc12. The number of hydrogen-bond donors (Lipinski definition) is 1. The first-order valence-electron chi connectivity index (χ1n) is 9.21. The van der Waals surface area contributed by atoms with Gasteiger partial charge in [-0.15, -0.1) is 11.3 Å². The maximum absolute atomic E-state index is 12.1. The summed E-state index contributed by atoms with van der Waals surface area (Å²) in [6, 6.07) is 16.9. The molecule has 0 bridgehead atoms. The van der Waals surface area contributed by atoms with Crippen molar-refractivity contribution >= 4 is 33.0 Å². The lowest BCUT2D eigenvalue weighted by molar-refractivity contribution is -0.133. The highest BCUT2D eigenvalue weighted by molar-refractivity contribution is 7.17. The summed E-state index contributed by atoms with van der Waals surface area (Å²) in [5.41, 5.74) is 3.78. The predicted octanol–water partition coefficient (Wildman–Crippen LogP) is 4.95. The number of benzene rings is 2. The van der Waals surface area contributed by atoms with Crippen LogP contribution in [0.5, 0.6) is 0 Å². The number of ether oxygens (including phenoxy) is 2. The van der Waals surface area contributed by atoms with Gasteiger partial charge in [-0.3, -0.25) is 0 Å². The molecule has 3 rings (SSSR count). The third-order valence-corrected chi connectivity index (χ3v) is 5.68. The van der Waals surface area contributed by atoms with E-state index in [2.05, 4.69) is 54.7 Å². The van der Waals surface area contributed by atoms with Crippen molar-refractivity contribution in [3.63, 3.8) is 0 Å². The third-order valence-electron chi connectivity index (χ3n) is 4.72. The van der Waals surface area contributed by atoms with E-state index in [0.29, 0.717) is 11.5 Å². The number of hydrogen-bond acceptors (Lipinski definition) is 5. The van der Waals surface area contributed by atoms with E-state index in [1.54, 1.807) is 11.3 Å². The average molecular weight is 396 g/mol. The molecule has 0 saturated carbocycles. The van der Waals surface area contributed by atoms with E-state index in [-0.39, 0.29) is 0 Å². The Morgan fingerprint density at radius 3 is 2.68 bits per heavy atom. The van der Waals surface area contributed by atoms with Gasteiger partial charge in [0.2, 0.25) is 0 Å². The normalized spacial score (nSPS) is 12.8. The van der Waals surface area contributed by atoms with Crippen molar-refractivity contribution in [2.24, 2.45) is 0 Å². The van der Waals surface area contributed by atoms with Gasteiger partial charge in [0.05, 0.1) is 20.5 Å². The zero-order valence-electron chi connectivity index (χ0n) is 16.4. The molecule has 5 heteroatoms. The molecule has 4 nitrogen and oxygen atoms in total. The van der Waals surface area contributed by atoms with E-state index in [0.717, 1.165) is 28.7 Å². The van der Waals surface area contributed by atoms with Gasteiger partial charge in [0.1, 0.15) is 5.57 Å². The van der Waals surface area contributed by atoms with E-state index in [1.165, 1.54) is 31.6 Å². The number of nitrogens with one attached hydrogen (secondary N) is 1. The lowest BCUT2D eigenvalue weighted by Gasteiger charge is -2.13. The van der Waals surface area contributed by atoms with E-state index in [9.17, 15) is 4.79 Å². The minimum Gasteiger partial charge on any atom is -0.503 e. The molecule has 0 aliphatic heterocycles. The largest absolute Gasteiger partial charge is 0.503 e. The van der Waals surface area contributed by atoms with Crippen LogP contribution in [0.4, 0.5) is 0 Å². The summed E-state index contributed by atoms with van der Waals surface area (Å²) in [4.78, 5) is 12.1. The molecule has 1 N–H and O–H groups in total. The Labute approximate surface area is 169 Å². The van der Waals surface area contributed by atoms with Gasteiger partial charge in [0.25, 0.3) is 0 Å². The molecule has 0 spiro atoms. The molecular formula is C23H25NO3S. The molecule has 28 heavy (non-hydrogen) atoms. The average Bonchev–Trinajstić information content (AvgIpc) is 3.15. The van der Waals surface area contributed by atoms with Gasteiger partial charge in [-0.05, 0) is 29.2 Å². The maximum atomic E-state index is 12.1. The maximum Gasteiger partial charge on any atom is 0.341 e. The van der Waals surface area contributed by atoms with E-state index in [4.69, 9.17) is 9.47 Å². The van der Waals surface area contributed by atoms with Crippen LogP contribution in [-0.2, 0) is 20.8 Å². The van der Waals surface area contributed by atoms with Gasteiger partial charge in [-0.1, -0.05) is 43.3 Å². The number of methoxy groups -OCH3 is 2. The van der Waals surface area contributed by atoms with Crippen LogP contribution in [0.25, 0.3) is 15.7 Å². The molecule has 0 aliphatic rings. The van der Waals surface area contributed by atoms with E-state index >= 15 is 0 Å². The van der Waals surface area contributed by atoms with Crippen LogP contribution in [-0.4, -0.2) is 26.7 Å². The van der Waals surface area contributed by atoms with Gasteiger partial charge in [0, 0.05) is 34.1 Å². The molecule has 1 atom stereocenters. The second kappa shape index (κ2) is 9.53. The number of carbonyl (C=O) groups is 1. The highest BCUT2D eigenvalue weighted by atomic mass is 32.1. The third kappa shape index (κ3) is 4.61. The fourth-order valence-electron chi connectivity index (χ4n) is 3.18. The summed E-state index contributed by atoms with van der Waals surface area (Å²) >= 11 is 1.61. The highest BCUT2D eigenvalue weighted by Crippen LogP contribution is 2.32. The first-order valence-corrected chi connectivity index (χ1v) is 10.1. The van der Waals surface area contributed by atoms with Crippen LogP contribution in [0.3, 0.4) is 0 Å². The van der Waals surface area contributed by atoms with Crippen molar-refractivity contribution in [3.05, 3.63) is 76.9 Å². The molecule has 146 valence electrons. The van der Waals surface area contributed by atoms with Crippen molar-refractivity contribution in [1.82, 2.24) is 5.32 Å². The Balaban J connectivity index is 1.75. The fourth-order valence-corrected chi connectivity index (χ4v) is 4.12. The topological polar surface area (TPSA) is 47.6 Å². The number of carbonyl (C=O) groups excluding carboxylic acids is 1. The molecule has 0 fully saturated rings. The summed E-state index contributed by atoms with van der Waals surface area (Å²) in [7, 11) is 2.91. The summed E-state index contributed by atoms with van der Waals surface area (Å²) < 4.78 is 11.1. The van der Waals surface area contributed by atoms with Crippen molar-refractivity contribution < 1.29 is 14.3 Å². The Morgan fingerprint density at radius 2 is 1.96 bits per heavy atom. The van der Waals surface area contributed by atoms with Crippen molar-refractivity contribution in [2.45, 2.75) is 19.4 Å². The number of thiophene rings is 1.